The minimum absolute atomic E-state index is 0.162. The first-order chi connectivity index (χ1) is 9.93. The molecule has 0 spiro atoms. The first kappa shape index (κ1) is 15.8. The van der Waals surface area contributed by atoms with Gasteiger partial charge in [-0.2, -0.15) is 0 Å². The number of carbonyl (C=O) groups excluding carboxylic acids is 2. The van der Waals surface area contributed by atoms with Crippen LogP contribution in [0.4, 0.5) is 5.13 Å². The predicted molar refractivity (Wildman–Crippen MR) is 80.5 cm³/mol. The van der Waals surface area contributed by atoms with Crippen molar-refractivity contribution in [2.24, 2.45) is 0 Å². The van der Waals surface area contributed by atoms with Crippen LogP contribution in [0.2, 0.25) is 0 Å². The van der Waals surface area contributed by atoms with Gasteiger partial charge in [0.1, 0.15) is 11.7 Å². The fraction of sp³-hybridized carbons (Fsp3) is 0.500. The zero-order valence-electron chi connectivity index (χ0n) is 11.5. The molecule has 1 aromatic rings. The maximum Gasteiger partial charge on any atom is 0.327 e. The summed E-state index contributed by atoms with van der Waals surface area (Å²) >= 11 is 2.60. The molecule has 2 amide bonds. The van der Waals surface area contributed by atoms with Crippen LogP contribution in [0.25, 0.3) is 0 Å². The number of nitrogens with zero attached hydrogens (tertiary/aromatic N) is 2. The van der Waals surface area contributed by atoms with E-state index in [4.69, 9.17) is 0 Å². The highest BCUT2D eigenvalue weighted by Crippen LogP contribution is 2.33. The molecule has 1 fully saturated rings. The molecule has 2 unspecified atom stereocenters. The van der Waals surface area contributed by atoms with Crippen molar-refractivity contribution in [2.45, 2.75) is 31.7 Å². The molecular weight excluding hydrogens is 314 g/mol. The third kappa shape index (κ3) is 3.35. The summed E-state index contributed by atoms with van der Waals surface area (Å²) in [6.07, 6.45) is 0.670. The Hall–Kier alpha value is -1.61. The van der Waals surface area contributed by atoms with Gasteiger partial charge < -0.3 is 15.3 Å². The lowest BCUT2D eigenvalue weighted by molar-refractivity contribution is -0.141. The van der Waals surface area contributed by atoms with Crippen LogP contribution in [0.5, 0.6) is 0 Å². The Morgan fingerprint density at radius 1 is 1.52 bits per heavy atom. The van der Waals surface area contributed by atoms with Gasteiger partial charge in [-0.05, 0) is 6.42 Å². The Labute approximate surface area is 129 Å². The van der Waals surface area contributed by atoms with Crippen LogP contribution in [0.3, 0.4) is 0 Å². The molecule has 1 aliphatic heterocycles. The van der Waals surface area contributed by atoms with Crippen LogP contribution >= 0.6 is 23.1 Å². The number of hydrogen-bond acceptors (Lipinski definition) is 6. The Bertz CT molecular complexity index is 575. The summed E-state index contributed by atoms with van der Waals surface area (Å²) < 4.78 is 0. The number of aliphatic carboxylic acids is 1. The van der Waals surface area contributed by atoms with Gasteiger partial charge in [0.2, 0.25) is 5.91 Å². The molecule has 0 saturated carbocycles. The standard InChI is InChI=1S/C12H15N3O4S2/c1-3-9-15(8(5-20-9)11(18)19)10(17)7-4-21-12(14-7)13-6(2)16/h4,8-9H,3,5H2,1-2H3,(H,18,19)(H,13,14,16). The maximum atomic E-state index is 12.5. The number of carbonyl (C=O) groups is 3. The van der Waals surface area contributed by atoms with E-state index in [1.54, 1.807) is 0 Å². The molecule has 21 heavy (non-hydrogen) atoms. The highest BCUT2D eigenvalue weighted by molar-refractivity contribution is 8.00. The van der Waals surface area contributed by atoms with Crippen LogP contribution in [-0.2, 0) is 9.59 Å². The number of rotatable bonds is 4. The van der Waals surface area contributed by atoms with Crippen molar-refractivity contribution >= 4 is 46.0 Å². The second-order valence-electron chi connectivity index (χ2n) is 4.48. The lowest BCUT2D eigenvalue weighted by atomic mass is 10.2. The molecule has 7 nitrogen and oxygen atoms in total. The van der Waals surface area contributed by atoms with Gasteiger partial charge in [-0.25, -0.2) is 9.78 Å². The molecule has 0 bridgehead atoms. The average Bonchev–Trinajstić information content (AvgIpc) is 3.02. The van der Waals surface area contributed by atoms with Crippen molar-refractivity contribution in [3.8, 4) is 0 Å². The Morgan fingerprint density at radius 3 is 2.81 bits per heavy atom. The van der Waals surface area contributed by atoms with Gasteiger partial charge >= 0.3 is 5.97 Å². The van der Waals surface area contributed by atoms with E-state index in [0.29, 0.717) is 17.3 Å². The predicted octanol–water partition coefficient (Wildman–Crippen LogP) is 1.48. The molecule has 1 aromatic heterocycles. The van der Waals surface area contributed by atoms with E-state index in [0.717, 1.165) is 11.3 Å². The van der Waals surface area contributed by atoms with E-state index in [9.17, 15) is 19.5 Å². The fourth-order valence-electron chi connectivity index (χ4n) is 2.05. The molecule has 0 aromatic carbocycles. The van der Waals surface area contributed by atoms with Crippen molar-refractivity contribution in [2.75, 3.05) is 11.1 Å². The fourth-order valence-corrected chi connectivity index (χ4v) is 4.13. The summed E-state index contributed by atoms with van der Waals surface area (Å²) in [5.41, 5.74) is 0.163. The van der Waals surface area contributed by atoms with Crippen LogP contribution in [0.15, 0.2) is 5.38 Å². The van der Waals surface area contributed by atoms with Crippen molar-refractivity contribution in [3.05, 3.63) is 11.1 Å². The van der Waals surface area contributed by atoms with Crippen molar-refractivity contribution in [3.63, 3.8) is 0 Å². The summed E-state index contributed by atoms with van der Waals surface area (Å²) in [6.45, 7) is 3.26. The average molecular weight is 329 g/mol. The van der Waals surface area contributed by atoms with Crippen LogP contribution in [-0.4, -0.2) is 49.9 Å². The zero-order valence-corrected chi connectivity index (χ0v) is 13.2. The van der Waals surface area contributed by atoms with Crippen molar-refractivity contribution < 1.29 is 19.5 Å². The number of hydrogen-bond donors (Lipinski definition) is 2. The monoisotopic (exact) mass is 329 g/mol. The van der Waals surface area contributed by atoms with E-state index in [1.807, 2.05) is 6.92 Å². The second-order valence-corrected chi connectivity index (χ2v) is 6.55. The van der Waals surface area contributed by atoms with Gasteiger partial charge in [0.05, 0.1) is 5.37 Å². The van der Waals surface area contributed by atoms with E-state index >= 15 is 0 Å². The van der Waals surface area contributed by atoms with Gasteiger partial charge in [0.25, 0.3) is 5.91 Å². The molecule has 1 aliphatic rings. The quantitative estimate of drug-likeness (QED) is 0.868. The van der Waals surface area contributed by atoms with Gasteiger partial charge in [-0.15, -0.1) is 23.1 Å². The molecular formula is C12H15N3O4S2. The number of carboxylic acids is 1. The molecule has 0 aliphatic carbocycles. The highest BCUT2D eigenvalue weighted by atomic mass is 32.2. The number of thiazole rings is 1. The van der Waals surface area contributed by atoms with Crippen molar-refractivity contribution in [1.29, 1.82) is 0 Å². The van der Waals surface area contributed by atoms with E-state index < -0.39 is 17.9 Å². The van der Waals surface area contributed by atoms with E-state index in [2.05, 4.69) is 10.3 Å². The lowest BCUT2D eigenvalue weighted by Gasteiger charge is -2.25. The number of anilines is 1. The smallest absolute Gasteiger partial charge is 0.327 e. The first-order valence-electron chi connectivity index (χ1n) is 6.34. The minimum atomic E-state index is -1.01. The Balaban J connectivity index is 2.22. The van der Waals surface area contributed by atoms with Crippen LogP contribution < -0.4 is 5.32 Å². The van der Waals surface area contributed by atoms with Gasteiger partial charge in [-0.3, -0.25) is 9.59 Å². The Morgan fingerprint density at radius 2 is 2.24 bits per heavy atom. The second kappa shape index (κ2) is 6.44. The highest BCUT2D eigenvalue weighted by Gasteiger charge is 2.41. The van der Waals surface area contributed by atoms with Crippen LogP contribution in [0, 0.1) is 0 Å². The van der Waals surface area contributed by atoms with Gasteiger partial charge in [0, 0.05) is 18.1 Å². The molecule has 2 N–H and O–H groups in total. The summed E-state index contributed by atoms with van der Waals surface area (Å²) in [5, 5.41) is 13.4. The lowest BCUT2D eigenvalue weighted by Crippen LogP contribution is -2.45. The van der Waals surface area contributed by atoms with Gasteiger partial charge in [-0.1, -0.05) is 6.92 Å². The number of carboxylic acid groups (broad SMARTS) is 1. The maximum absolute atomic E-state index is 12.5. The first-order valence-corrected chi connectivity index (χ1v) is 8.27. The molecule has 2 heterocycles. The number of amides is 2. The Kier molecular flexibility index (Phi) is 4.84. The van der Waals surface area contributed by atoms with E-state index in [-0.39, 0.29) is 17.0 Å². The minimum Gasteiger partial charge on any atom is -0.480 e. The molecule has 1 saturated heterocycles. The SMILES string of the molecule is CCC1SCC(C(=O)O)N1C(=O)c1csc(NC(C)=O)n1. The topological polar surface area (TPSA) is 99.6 Å². The molecule has 2 rings (SSSR count). The number of nitrogens with one attached hydrogen (secondary N) is 1. The summed E-state index contributed by atoms with van der Waals surface area (Å²) in [7, 11) is 0. The third-order valence-electron chi connectivity index (χ3n) is 2.97. The zero-order chi connectivity index (χ0) is 15.6. The van der Waals surface area contributed by atoms with E-state index in [1.165, 1.54) is 29.0 Å². The summed E-state index contributed by atoms with van der Waals surface area (Å²) in [4.78, 5) is 40.2. The van der Waals surface area contributed by atoms with Crippen LogP contribution in [0.1, 0.15) is 30.8 Å². The molecule has 0 radical (unpaired) electrons. The molecule has 114 valence electrons. The van der Waals surface area contributed by atoms with Crippen molar-refractivity contribution in [1.82, 2.24) is 9.88 Å². The number of aromatic nitrogens is 1. The molecule has 2 atom stereocenters. The molecule has 9 heteroatoms. The summed E-state index contributed by atoms with van der Waals surface area (Å²) in [5.74, 6) is -1.31. The normalized spacial score (nSPS) is 21.3. The largest absolute Gasteiger partial charge is 0.480 e. The van der Waals surface area contributed by atoms with Gasteiger partial charge in [0.15, 0.2) is 5.13 Å². The number of thioether (sulfide) groups is 1. The third-order valence-corrected chi connectivity index (χ3v) is 5.18. The summed E-state index contributed by atoms with van der Waals surface area (Å²) in [6, 6.07) is -0.835.